The van der Waals surface area contributed by atoms with Crippen molar-refractivity contribution in [1.82, 2.24) is 9.99 Å². The zero-order valence-electron chi connectivity index (χ0n) is 17.1. The number of para-hydroxylation sites is 1. The molecule has 0 fully saturated rings. The van der Waals surface area contributed by atoms with Gasteiger partial charge in [0.1, 0.15) is 18.1 Å². The van der Waals surface area contributed by atoms with Gasteiger partial charge in [-0.05, 0) is 61.9 Å². The molecule has 0 spiro atoms. The van der Waals surface area contributed by atoms with Gasteiger partial charge in [-0.2, -0.15) is 5.10 Å². The van der Waals surface area contributed by atoms with Gasteiger partial charge in [-0.3, -0.25) is 4.79 Å². The number of carbonyl (C=O) groups excluding carboxylic acids is 2. The van der Waals surface area contributed by atoms with Gasteiger partial charge in [-0.15, -0.1) is 0 Å². The van der Waals surface area contributed by atoms with Crippen LogP contribution in [-0.4, -0.2) is 34.4 Å². The summed E-state index contributed by atoms with van der Waals surface area (Å²) in [6, 6.07) is 14.0. The Bertz CT molecular complexity index is 1120. The fraction of sp³-hybridized carbons (Fsp3) is 0.174. The van der Waals surface area contributed by atoms with Gasteiger partial charge >= 0.3 is 5.97 Å². The van der Waals surface area contributed by atoms with Crippen LogP contribution in [-0.2, 0) is 16.1 Å². The second-order valence-corrected chi connectivity index (χ2v) is 6.69. The number of aromatic nitrogens is 1. The van der Waals surface area contributed by atoms with Gasteiger partial charge in [0.05, 0.1) is 18.4 Å². The smallest absolute Gasteiger partial charge is 0.339 e. The van der Waals surface area contributed by atoms with Gasteiger partial charge in [0.2, 0.25) is 0 Å². The zero-order valence-corrected chi connectivity index (χ0v) is 17.1. The molecule has 0 radical (unpaired) electrons. The molecule has 1 aromatic heterocycles. The predicted molar refractivity (Wildman–Crippen MR) is 114 cm³/mol. The normalized spacial score (nSPS) is 10.9. The Balaban J connectivity index is 1.86. The molecule has 2 aromatic carbocycles. The van der Waals surface area contributed by atoms with Gasteiger partial charge in [-0.25, -0.2) is 14.6 Å². The van der Waals surface area contributed by atoms with E-state index in [-0.39, 0.29) is 24.7 Å². The summed E-state index contributed by atoms with van der Waals surface area (Å²) < 4.78 is 20.1. The van der Waals surface area contributed by atoms with Crippen molar-refractivity contribution in [2.24, 2.45) is 5.10 Å². The zero-order chi connectivity index (χ0) is 22.4. The van der Waals surface area contributed by atoms with Gasteiger partial charge in [-0.1, -0.05) is 12.1 Å². The summed E-state index contributed by atoms with van der Waals surface area (Å²) in [6.45, 7) is 3.51. The summed E-state index contributed by atoms with van der Waals surface area (Å²) in [5.41, 5.74) is 4.94. The highest BCUT2D eigenvalue weighted by molar-refractivity contribution is 5.93. The molecule has 0 bridgehead atoms. The largest absolute Gasteiger partial charge is 0.507 e. The van der Waals surface area contributed by atoms with E-state index in [1.54, 1.807) is 54.8 Å². The molecule has 3 rings (SSSR count). The number of nitrogens with zero attached hydrogens (tertiary/aromatic N) is 2. The van der Waals surface area contributed by atoms with Crippen LogP contribution in [0, 0.1) is 12.7 Å². The lowest BCUT2D eigenvalue weighted by molar-refractivity contribution is -0.121. The van der Waals surface area contributed by atoms with Crippen molar-refractivity contribution in [3.8, 4) is 17.0 Å². The van der Waals surface area contributed by atoms with Crippen molar-refractivity contribution in [2.75, 3.05) is 6.61 Å². The highest BCUT2D eigenvalue weighted by Crippen LogP contribution is 2.27. The lowest BCUT2D eigenvalue weighted by Gasteiger charge is -2.11. The molecule has 0 aliphatic heterocycles. The number of benzene rings is 2. The number of esters is 1. The maximum atomic E-state index is 13.4. The average molecular weight is 423 g/mol. The summed E-state index contributed by atoms with van der Waals surface area (Å²) in [7, 11) is 0. The number of aromatic hydroxyl groups is 1. The number of halogens is 1. The maximum Gasteiger partial charge on any atom is 0.339 e. The number of rotatable bonds is 7. The predicted octanol–water partition coefficient (Wildman–Crippen LogP) is 3.64. The Morgan fingerprint density at radius 3 is 2.58 bits per heavy atom. The van der Waals surface area contributed by atoms with Crippen molar-refractivity contribution in [3.63, 3.8) is 0 Å². The molecule has 0 aliphatic rings. The molecule has 160 valence electrons. The highest BCUT2D eigenvalue weighted by Gasteiger charge is 2.21. The Morgan fingerprint density at radius 2 is 1.90 bits per heavy atom. The monoisotopic (exact) mass is 423 g/mol. The Labute approximate surface area is 178 Å². The van der Waals surface area contributed by atoms with Crippen LogP contribution >= 0.6 is 0 Å². The van der Waals surface area contributed by atoms with E-state index in [2.05, 4.69) is 10.5 Å². The van der Waals surface area contributed by atoms with Crippen molar-refractivity contribution >= 4 is 18.1 Å². The number of hydrazone groups is 1. The van der Waals surface area contributed by atoms with Crippen LogP contribution in [0.25, 0.3) is 11.3 Å². The van der Waals surface area contributed by atoms with Crippen LogP contribution in [0.3, 0.4) is 0 Å². The van der Waals surface area contributed by atoms with E-state index in [4.69, 9.17) is 4.74 Å². The molecular weight excluding hydrogens is 401 g/mol. The molecule has 0 saturated carbocycles. The topological polar surface area (TPSA) is 92.9 Å². The van der Waals surface area contributed by atoms with Gasteiger partial charge < -0.3 is 14.4 Å². The molecule has 7 nitrogen and oxygen atoms in total. The quantitative estimate of drug-likeness (QED) is 0.345. The minimum absolute atomic E-state index is 0.0411. The maximum absolute atomic E-state index is 13.4. The fourth-order valence-electron chi connectivity index (χ4n) is 3.07. The minimum atomic E-state index is -0.500. The van der Waals surface area contributed by atoms with Crippen molar-refractivity contribution in [1.29, 1.82) is 0 Å². The van der Waals surface area contributed by atoms with E-state index >= 15 is 0 Å². The molecule has 1 heterocycles. The van der Waals surface area contributed by atoms with Crippen LogP contribution < -0.4 is 5.43 Å². The van der Waals surface area contributed by atoms with E-state index < -0.39 is 11.9 Å². The molecule has 1 amide bonds. The van der Waals surface area contributed by atoms with E-state index in [9.17, 15) is 19.1 Å². The van der Waals surface area contributed by atoms with E-state index in [0.29, 0.717) is 28.1 Å². The van der Waals surface area contributed by atoms with Gasteiger partial charge in [0, 0.05) is 17.0 Å². The first-order chi connectivity index (χ1) is 14.9. The average Bonchev–Trinajstić information content (AvgIpc) is 3.06. The van der Waals surface area contributed by atoms with Crippen LogP contribution in [0.5, 0.6) is 5.75 Å². The third-order valence-electron chi connectivity index (χ3n) is 4.63. The molecule has 0 atom stereocenters. The van der Waals surface area contributed by atoms with Crippen LogP contribution in [0.15, 0.2) is 59.7 Å². The van der Waals surface area contributed by atoms with E-state index in [0.717, 1.165) is 0 Å². The summed E-state index contributed by atoms with van der Waals surface area (Å²) in [5.74, 6) is -1.29. The second kappa shape index (κ2) is 9.71. The number of phenols is 1. The number of nitrogens with one attached hydrogen (secondary N) is 1. The van der Waals surface area contributed by atoms with Crippen LogP contribution in [0.4, 0.5) is 4.39 Å². The van der Waals surface area contributed by atoms with Crippen molar-refractivity contribution < 1.29 is 23.8 Å². The first-order valence-corrected chi connectivity index (χ1v) is 9.63. The molecule has 31 heavy (non-hydrogen) atoms. The Kier molecular flexibility index (Phi) is 6.81. The number of phenolic OH excluding ortho intramolecular Hbond substituents is 1. The molecule has 3 aromatic rings. The summed E-state index contributed by atoms with van der Waals surface area (Å²) >= 11 is 0. The number of amides is 1. The molecule has 0 saturated heterocycles. The minimum Gasteiger partial charge on any atom is -0.507 e. The summed E-state index contributed by atoms with van der Waals surface area (Å²) in [5, 5.41) is 13.6. The second-order valence-electron chi connectivity index (χ2n) is 6.69. The standard InChI is InChI=1S/C23H22FN3O4/c1-3-31-23(30)19-12-20(16-8-10-18(24)11-9-16)27(15(19)2)14-22(29)26-25-13-17-6-4-5-7-21(17)28/h4-13,28H,3,14H2,1-2H3,(H,26,29)/b25-13+. The summed E-state index contributed by atoms with van der Waals surface area (Å²) in [4.78, 5) is 24.8. The van der Waals surface area contributed by atoms with Gasteiger partial charge in [0.15, 0.2) is 0 Å². The highest BCUT2D eigenvalue weighted by atomic mass is 19.1. The lowest BCUT2D eigenvalue weighted by Crippen LogP contribution is -2.24. The first kappa shape index (κ1) is 21.8. The molecule has 8 heteroatoms. The van der Waals surface area contributed by atoms with E-state index in [1.807, 2.05) is 0 Å². The Morgan fingerprint density at radius 1 is 1.19 bits per heavy atom. The number of hydrogen-bond donors (Lipinski definition) is 2. The van der Waals surface area contributed by atoms with Crippen LogP contribution in [0.2, 0.25) is 0 Å². The Hall–Kier alpha value is -3.94. The lowest BCUT2D eigenvalue weighted by atomic mass is 10.1. The fourth-order valence-corrected chi connectivity index (χ4v) is 3.07. The number of ether oxygens (including phenoxy) is 1. The number of carbonyl (C=O) groups is 2. The molecular formula is C23H22FN3O4. The van der Waals surface area contributed by atoms with Crippen molar-refractivity contribution in [2.45, 2.75) is 20.4 Å². The van der Waals surface area contributed by atoms with Gasteiger partial charge in [0.25, 0.3) is 5.91 Å². The van der Waals surface area contributed by atoms with Crippen molar-refractivity contribution in [3.05, 3.63) is 77.2 Å². The summed E-state index contributed by atoms with van der Waals surface area (Å²) in [6.07, 6.45) is 1.33. The third kappa shape index (κ3) is 5.16. The number of hydrogen-bond acceptors (Lipinski definition) is 5. The third-order valence-corrected chi connectivity index (χ3v) is 4.63. The molecule has 0 unspecified atom stereocenters. The van der Waals surface area contributed by atoms with Crippen LogP contribution in [0.1, 0.15) is 28.5 Å². The molecule has 2 N–H and O–H groups in total. The van der Waals surface area contributed by atoms with E-state index in [1.165, 1.54) is 24.4 Å². The SMILES string of the molecule is CCOC(=O)c1cc(-c2ccc(F)cc2)n(CC(=O)N/N=C/c2ccccc2O)c1C. The molecule has 0 aliphatic carbocycles. The first-order valence-electron chi connectivity index (χ1n) is 9.63.